The van der Waals surface area contributed by atoms with Crippen molar-refractivity contribution >= 4 is 15.8 Å². The molecule has 0 spiro atoms. The molecule has 1 saturated heterocycles. The molecule has 0 amide bonds. The number of H-pyrrole nitrogens is 1. The summed E-state index contributed by atoms with van der Waals surface area (Å²) in [6, 6.07) is 7.23. The Kier molecular flexibility index (Phi) is 4.12. The molecule has 144 valence electrons. The van der Waals surface area contributed by atoms with Crippen LogP contribution in [0, 0.1) is 0 Å². The number of anilines is 1. The van der Waals surface area contributed by atoms with Crippen molar-refractivity contribution < 1.29 is 13.2 Å². The van der Waals surface area contributed by atoms with Gasteiger partial charge in [0, 0.05) is 43.2 Å². The minimum atomic E-state index is -3.51. The molecule has 8 heteroatoms. The highest BCUT2D eigenvalue weighted by molar-refractivity contribution is 7.89. The largest absolute Gasteiger partial charge is 0.493 e. The maximum Gasteiger partial charge on any atom is 0.240 e. The zero-order valence-electron chi connectivity index (χ0n) is 15.1. The van der Waals surface area contributed by atoms with E-state index in [1.165, 1.54) is 18.5 Å². The predicted molar refractivity (Wildman–Crippen MR) is 102 cm³/mol. The summed E-state index contributed by atoms with van der Waals surface area (Å²) in [5, 5.41) is 7.57. The van der Waals surface area contributed by atoms with E-state index in [1.54, 1.807) is 18.2 Å². The second-order valence-corrected chi connectivity index (χ2v) is 9.42. The van der Waals surface area contributed by atoms with Crippen molar-refractivity contribution in [3.8, 4) is 5.75 Å². The number of rotatable bonds is 5. The molecule has 2 aliphatic heterocycles. The zero-order chi connectivity index (χ0) is 18.4. The fraction of sp³-hybridized carbons (Fsp3) is 0.526. The maximum absolute atomic E-state index is 12.8. The molecular weight excluding hydrogens is 364 g/mol. The predicted octanol–water partition coefficient (Wildman–Crippen LogP) is 2.17. The lowest BCUT2D eigenvalue weighted by Crippen LogP contribution is -2.44. The Morgan fingerprint density at radius 1 is 1.15 bits per heavy atom. The molecule has 3 aliphatic rings. The second kappa shape index (κ2) is 6.53. The number of nitrogens with zero attached hydrogens (tertiary/aromatic N) is 2. The van der Waals surface area contributed by atoms with Crippen LogP contribution >= 0.6 is 0 Å². The Bertz CT molecular complexity index is 944. The van der Waals surface area contributed by atoms with Crippen LogP contribution in [0.3, 0.4) is 0 Å². The van der Waals surface area contributed by atoms with E-state index in [0.717, 1.165) is 49.5 Å². The summed E-state index contributed by atoms with van der Waals surface area (Å²) in [7, 11) is -3.51. The zero-order valence-corrected chi connectivity index (χ0v) is 16.0. The van der Waals surface area contributed by atoms with Gasteiger partial charge in [0.1, 0.15) is 5.75 Å². The third-order valence-electron chi connectivity index (χ3n) is 5.71. The molecule has 7 nitrogen and oxygen atoms in total. The van der Waals surface area contributed by atoms with E-state index in [0.29, 0.717) is 17.4 Å². The average molecular weight is 388 g/mol. The Morgan fingerprint density at radius 2 is 1.96 bits per heavy atom. The highest BCUT2D eigenvalue weighted by atomic mass is 32.2. The van der Waals surface area contributed by atoms with Gasteiger partial charge >= 0.3 is 0 Å². The smallest absolute Gasteiger partial charge is 0.240 e. The molecule has 1 aromatic heterocycles. The standard InChI is InChI=1S/C19H24N4O3S/c24-27(25,16-3-4-18-14(11-16)7-10-26-18)22-15-5-8-23(9-6-15)19-12-17(20-21-19)13-1-2-13/h3-4,11-13,15,22H,1-2,5-10H2,(H,20,21). The average Bonchev–Trinajstić information content (AvgIpc) is 3.21. The normalized spacial score (nSPS) is 20.5. The number of aromatic nitrogens is 2. The van der Waals surface area contributed by atoms with Crippen LogP contribution in [0.5, 0.6) is 5.75 Å². The van der Waals surface area contributed by atoms with Gasteiger partial charge in [-0.15, -0.1) is 0 Å². The number of hydrogen-bond donors (Lipinski definition) is 2. The molecule has 2 aromatic rings. The van der Waals surface area contributed by atoms with E-state index >= 15 is 0 Å². The van der Waals surface area contributed by atoms with Crippen molar-refractivity contribution in [3.05, 3.63) is 35.5 Å². The summed E-state index contributed by atoms with van der Waals surface area (Å²) in [6.45, 7) is 2.24. The van der Waals surface area contributed by atoms with E-state index in [1.807, 2.05) is 0 Å². The lowest BCUT2D eigenvalue weighted by atomic mass is 10.1. The van der Waals surface area contributed by atoms with E-state index in [2.05, 4.69) is 25.9 Å². The number of ether oxygens (including phenoxy) is 1. The molecule has 0 atom stereocenters. The van der Waals surface area contributed by atoms with Crippen LogP contribution in [-0.2, 0) is 16.4 Å². The van der Waals surface area contributed by atoms with Crippen LogP contribution in [0.25, 0.3) is 0 Å². The van der Waals surface area contributed by atoms with Crippen molar-refractivity contribution in [2.75, 3.05) is 24.6 Å². The first kappa shape index (κ1) is 17.1. The van der Waals surface area contributed by atoms with E-state index in [-0.39, 0.29) is 6.04 Å². The molecule has 2 N–H and O–H groups in total. The number of aromatic amines is 1. The summed E-state index contributed by atoms with van der Waals surface area (Å²) in [6.07, 6.45) is 4.82. The van der Waals surface area contributed by atoms with Gasteiger partial charge in [-0.25, -0.2) is 13.1 Å². The van der Waals surface area contributed by atoms with Gasteiger partial charge in [-0.2, -0.15) is 5.10 Å². The van der Waals surface area contributed by atoms with Crippen molar-refractivity contribution in [1.82, 2.24) is 14.9 Å². The lowest BCUT2D eigenvalue weighted by molar-refractivity contribution is 0.356. The van der Waals surface area contributed by atoms with Gasteiger partial charge in [0.05, 0.1) is 11.5 Å². The van der Waals surface area contributed by atoms with Crippen LogP contribution in [0.2, 0.25) is 0 Å². The first-order valence-electron chi connectivity index (χ1n) is 9.67. The highest BCUT2D eigenvalue weighted by Gasteiger charge is 2.29. The quantitative estimate of drug-likeness (QED) is 0.820. The Labute approximate surface area is 159 Å². The molecule has 27 heavy (non-hydrogen) atoms. The Morgan fingerprint density at radius 3 is 2.74 bits per heavy atom. The molecule has 2 fully saturated rings. The fourth-order valence-electron chi connectivity index (χ4n) is 3.93. The SMILES string of the molecule is O=S(=O)(NC1CCN(c2cc(C3CC3)[nH]n2)CC1)c1ccc2c(c1)CCO2. The number of piperidine rings is 1. The van der Waals surface area contributed by atoms with Gasteiger partial charge in [0.25, 0.3) is 0 Å². The summed E-state index contributed by atoms with van der Waals surface area (Å²) >= 11 is 0. The summed E-state index contributed by atoms with van der Waals surface area (Å²) in [5.41, 5.74) is 2.20. The minimum absolute atomic E-state index is 0.0439. The lowest BCUT2D eigenvalue weighted by Gasteiger charge is -2.32. The highest BCUT2D eigenvalue weighted by Crippen LogP contribution is 2.40. The maximum atomic E-state index is 12.8. The van der Waals surface area contributed by atoms with E-state index in [9.17, 15) is 8.42 Å². The number of fused-ring (bicyclic) bond motifs is 1. The summed E-state index contributed by atoms with van der Waals surface area (Å²) < 4.78 is 33.9. The molecule has 1 saturated carbocycles. The number of hydrogen-bond acceptors (Lipinski definition) is 5. The Hall–Kier alpha value is -2.06. The van der Waals surface area contributed by atoms with Gasteiger partial charge < -0.3 is 9.64 Å². The monoisotopic (exact) mass is 388 g/mol. The molecule has 1 aromatic carbocycles. The van der Waals surface area contributed by atoms with Crippen molar-refractivity contribution in [3.63, 3.8) is 0 Å². The number of sulfonamides is 1. The molecule has 3 heterocycles. The first-order valence-corrected chi connectivity index (χ1v) is 11.2. The Balaban J connectivity index is 1.21. The third-order valence-corrected chi connectivity index (χ3v) is 7.23. The van der Waals surface area contributed by atoms with Crippen molar-refractivity contribution in [2.24, 2.45) is 0 Å². The van der Waals surface area contributed by atoms with Gasteiger partial charge in [-0.1, -0.05) is 0 Å². The number of nitrogens with one attached hydrogen (secondary N) is 2. The molecule has 0 bridgehead atoms. The molecule has 0 radical (unpaired) electrons. The van der Waals surface area contributed by atoms with E-state index < -0.39 is 10.0 Å². The van der Waals surface area contributed by atoms with Crippen LogP contribution in [0.4, 0.5) is 5.82 Å². The van der Waals surface area contributed by atoms with Crippen LogP contribution in [0.15, 0.2) is 29.2 Å². The molecule has 5 rings (SSSR count). The third kappa shape index (κ3) is 3.43. The molecular formula is C19H24N4O3S. The van der Waals surface area contributed by atoms with Gasteiger partial charge in [-0.3, -0.25) is 5.10 Å². The fourth-order valence-corrected chi connectivity index (χ4v) is 5.29. The molecule has 1 aliphatic carbocycles. The minimum Gasteiger partial charge on any atom is -0.493 e. The van der Waals surface area contributed by atoms with Crippen LogP contribution < -0.4 is 14.4 Å². The van der Waals surface area contributed by atoms with Gasteiger partial charge in [0.2, 0.25) is 10.0 Å². The van der Waals surface area contributed by atoms with Crippen LogP contribution in [-0.4, -0.2) is 44.4 Å². The summed E-state index contributed by atoms with van der Waals surface area (Å²) in [4.78, 5) is 2.57. The van der Waals surface area contributed by atoms with Crippen LogP contribution in [0.1, 0.15) is 42.9 Å². The van der Waals surface area contributed by atoms with Crippen molar-refractivity contribution in [1.29, 1.82) is 0 Å². The molecule has 0 unspecified atom stereocenters. The number of benzene rings is 1. The topological polar surface area (TPSA) is 87.3 Å². The second-order valence-electron chi connectivity index (χ2n) is 7.71. The van der Waals surface area contributed by atoms with Crippen molar-refractivity contribution in [2.45, 2.75) is 49.0 Å². The summed E-state index contributed by atoms with van der Waals surface area (Å²) in [5.74, 6) is 2.44. The van der Waals surface area contributed by atoms with Gasteiger partial charge in [-0.05, 0) is 49.4 Å². The van der Waals surface area contributed by atoms with E-state index in [4.69, 9.17) is 4.74 Å². The van der Waals surface area contributed by atoms with Gasteiger partial charge in [0.15, 0.2) is 5.82 Å². The first-order chi connectivity index (χ1) is 13.1.